The first-order valence-electron chi connectivity index (χ1n) is 15.4. The number of urea groups is 1. The van der Waals surface area contributed by atoms with Gasteiger partial charge in [-0.05, 0) is 38.0 Å². The smallest absolute Gasteiger partial charge is 0.367 e. The van der Waals surface area contributed by atoms with E-state index in [1.165, 1.54) is 21.2 Å². The van der Waals surface area contributed by atoms with E-state index in [-0.39, 0.29) is 36.4 Å². The van der Waals surface area contributed by atoms with E-state index in [2.05, 4.69) is 10.3 Å². The van der Waals surface area contributed by atoms with E-state index < -0.39 is 23.3 Å². The average Bonchev–Trinajstić information content (AvgIpc) is 3.49. The van der Waals surface area contributed by atoms with Crippen molar-refractivity contribution in [1.82, 2.24) is 9.99 Å². The summed E-state index contributed by atoms with van der Waals surface area (Å²) >= 11 is 1.19. The SMILES string of the molecule is CCOC(=O)c1nc(-c2cccc(NC(=O)CN3N=C(C4CCCCC4)c4ccccc4N(CC(=O)C(C)(C)C)C3=O)c2)cs1. The number of hydrazone groups is 1. The third kappa shape index (κ3) is 7.47. The zero-order valence-electron chi connectivity index (χ0n) is 26.2. The van der Waals surface area contributed by atoms with Gasteiger partial charge in [-0.3, -0.25) is 14.5 Å². The van der Waals surface area contributed by atoms with Crippen molar-refractivity contribution in [3.05, 3.63) is 64.5 Å². The summed E-state index contributed by atoms with van der Waals surface area (Å²) in [6.45, 7) is 7.02. The van der Waals surface area contributed by atoms with Gasteiger partial charge in [0, 0.05) is 33.5 Å². The van der Waals surface area contributed by atoms with Crippen LogP contribution in [0.25, 0.3) is 11.3 Å². The van der Waals surface area contributed by atoms with Crippen LogP contribution in [0.4, 0.5) is 16.2 Å². The van der Waals surface area contributed by atoms with Gasteiger partial charge in [0.05, 0.1) is 30.2 Å². The van der Waals surface area contributed by atoms with Gasteiger partial charge in [-0.1, -0.05) is 70.4 Å². The standard InChI is InChI=1S/C34H39N5O5S/c1-5-44-32(42)31-36-26(21-45-31)23-14-11-15-24(18-23)35-29(41)20-39-33(43)38(19-28(40)34(2,3)4)27-17-10-9-16-25(27)30(37-39)22-12-7-6-8-13-22/h9-11,14-18,21-22H,5-8,12-13,19-20H2,1-4H3,(H,35,41). The second-order valence-electron chi connectivity index (χ2n) is 12.3. The number of para-hydroxylation sites is 1. The number of hydrogen-bond acceptors (Lipinski definition) is 8. The van der Waals surface area contributed by atoms with E-state index in [1.807, 2.05) is 51.1 Å². The van der Waals surface area contributed by atoms with E-state index in [9.17, 15) is 19.2 Å². The number of thiazole rings is 1. The second kappa shape index (κ2) is 13.7. The molecule has 2 aliphatic rings. The fourth-order valence-corrected chi connectivity index (χ4v) is 6.21. The van der Waals surface area contributed by atoms with E-state index >= 15 is 0 Å². The summed E-state index contributed by atoms with van der Waals surface area (Å²) in [6, 6.07) is 14.2. The molecule has 236 valence electrons. The average molecular weight is 630 g/mol. The molecule has 1 saturated carbocycles. The van der Waals surface area contributed by atoms with Crippen LogP contribution in [0.15, 0.2) is 59.0 Å². The summed E-state index contributed by atoms with van der Waals surface area (Å²) in [5.74, 6) is -0.869. The van der Waals surface area contributed by atoms with Crippen molar-refractivity contribution in [3.8, 4) is 11.3 Å². The number of benzene rings is 2. The van der Waals surface area contributed by atoms with Crippen LogP contribution in [-0.2, 0) is 14.3 Å². The van der Waals surface area contributed by atoms with Crippen LogP contribution in [0, 0.1) is 11.3 Å². The lowest BCUT2D eigenvalue weighted by atomic mass is 9.83. The highest BCUT2D eigenvalue weighted by Gasteiger charge is 2.36. The molecule has 0 atom stereocenters. The zero-order valence-corrected chi connectivity index (χ0v) is 27.0. The quantitative estimate of drug-likeness (QED) is 0.261. The second-order valence-corrected chi connectivity index (χ2v) is 13.2. The van der Waals surface area contributed by atoms with Crippen LogP contribution in [0.1, 0.15) is 75.2 Å². The topological polar surface area (TPSA) is 121 Å². The molecule has 45 heavy (non-hydrogen) atoms. The molecule has 1 N–H and O–H groups in total. The molecule has 1 fully saturated rings. The Morgan fingerprint density at radius 3 is 2.51 bits per heavy atom. The van der Waals surface area contributed by atoms with Crippen molar-refractivity contribution in [2.24, 2.45) is 16.4 Å². The summed E-state index contributed by atoms with van der Waals surface area (Å²) in [6.07, 6.45) is 5.20. The Hall–Kier alpha value is -4.38. The van der Waals surface area contributed by atoms with Crippen molar-refractivity contribution in [1.29, 1.82) is 0 Å². The van der Waals surface area contributed by atoms with E-state index in [4.69, 9.17) is 9.84 Å². The summed E-state index contributed by atoms with van der Waals surface area (Å²) < 4.78 is 5.04. The van der Waals surface area contributed by atoms with Crippen molar-refractivity contribution < 1.29 is 23.9 Å². The minimum atomic E-state index is -0.657. The van der Waals surface area contributed by atoms with Crippen LogP contribution in [0.3, 0.4) is 0 Å². The Labute approximate surface area is 267 Å². The molecule has 1 aliphatic heterocycles. The molecular weight excluding hydrogens is 590 g/mol. The normalized spacial score (nSPS) is 15.6. The number of ether oxygens (including phenoxy) is 1. The number of esters is 1. The van der Waals surface area contributed by atoms with Crippen molar-refractivity contribution in [2.45, 2.75) is 59.8 Å². The maximum absolute atomic E-state index is 14.1. The highest BCUT2D eigenvalue weighted by Crippen LogP contribution is 2.35. The predicted molar refractivity (Wildman–Crippen MR) is 176 cm³/mol. The van der Waals surface area contributed by atoms with Crippen LogP contribution < -0.4 is 10.2 Å². The molecule has 1 aromatic heterocycles. The zero-order chi connectivity index (χ0) is 32.1. The van der Waals surface area contributed by atoms with Gasteiger partial charge >= 0.3 is 12.0 Å². The number of carbonyl (C=O) groups excluding carboxylic acids is 4. The van der Waals surface area contributed by atoms with Crippen LogP contribution in [-0.4, -0.2) is 59.1 Å². The van der Waals surface area contributed by atoms with Crippen LogP contribution in [0.5, 0.6) is 0 Å². The molecule has 5 rings (SSSR count). The maximum atomic E-state index is 14.1. The maximum Gasteiger partial charge on any atom is 0.367 e. The van der Waals surface area contributed by atoms with Gasteiger partial charge in [0.2, 0.25) is 10.9 Å². The number of carbonyl (C=O) groups is 4. The van der Waals surface area contributed by atoms with E-state index in [0.29, 0.717) is 22.6 Å². The third-order valence-corrected chi connectivity index (χ3v) is 8.79. The Kier molecular flexibility index (Phi) is 9.77. The molecule has 0 spiro atoms. The number of rotatable bonds is 9. The molecule has 0 saturated heterocycles. The lowest BCUT2D eigenvalue weighted by Crippen LogP contribution is -2.47. The molecule has 3 aromatic rings. The first-order valence-corrected chi connectivity index (χ1v) is 16.3. The van der Waals surface area contributed by atoms with Crippen molar-refractivity contribution in [3.63, 3.8) is 0 Å². The summed E-state index contributed by atoms with van der Waals surface area (Å²) in [5.41, 5.74) is 3.37. The van der Waals surface area contributed by atoms with Gasteiger partial charge in [0.1, 0.15) is 6.54 Å². The molecule has 2 aromatic carbocycles. The molecule has 0 bridgehead atoms. The van der Waals surface area contributed by atoms with Crippen LogP contribution in [0.2, 0.25) is 0 Å². The number of Topliss-reactive ketones (excluding diaryl/α,β-unsaturated/α-hetero) is 1. The van der Waals surface area contributed by atoms with Gasteiger partial charge in [-0.2, -0.15) is 5.10 Å². The lowest BCUT2D eigenvalue weighted by molar-refractivity contribution is -0.124. The van der Waals surface area contributed by atoms with E-state index in [0.717, 1.165) is 43.4 Å². The van der Waals surface area contributed by atoms with Gasteiger partial charge in [0.25, 0.3) is 0 Å². The molecule has 1 aliphatic carbocycles. The Balaban J connectivity index is 1.41. The largest absolute Gasteiger partial charge is 0.461 e. The van der Waals surface area contributed by atoms with Gasteiger partial charge in [-0.15, -0.1) is 11.3 Å². The fraction of sp³-hybridized carbons (Fsp3) is 0.412. The molecule has 2 heterocycles. The van der Waals surface area contributed by atoms with Gasteiger partial charge in [0.15, 0.2) is 5.78 Å². The summed E-state index contributed by atoms with van der Waals surface area (Å²) in [4.78, 5) is 58.7. The summed E-state index contributed by atoms with van der Waals surface area (Å²) in [5, 5.41) is 11.0. The minimum Gasteiger partial charge on any atom is -0.461 e. The third-order valence-electron chi connectivity index (χ3n) is 7.97. The van der Waals surface area contributed by atoms with Crippen molar-refractivity contribution in [2.75, 3.05) is 29.9 Å². The first-order chi connectivity index (χ1) is 21.5. The number of nitrogens with one attached hydrogen (secondary N) is 1. The number of nitrogens with zero attached hydrogens (tertiary/aromatic N) is 4. The summed E-state index contributed by atoms with van der Waals surface area (Å²) in [7, 11) is 0. The Bertz CT molecular complexity index is 1620. The first kappa shape index (κ1) is 32.0. The molecular formula is C34H39N5O5S. The van der Waals surface area contributed by atoms with Crippen LogP contribution >= 0.6 is 11.3 Å². The van der Waals surface area contributed by atoms with Gasteiger partial charge in [-0.25, -0.2) is 19.6 Å². The number of ketones is 1. The molecule has 11 heteroatoms. The number of anilines is 2. The Morgan fingerprint density at radius 2 is 1.78 bits per heavy atom. The number of aromatic nitrogens is 1. The number of fused-ring (bicyclic) bond motifs is 1. The minimum absolute atomic E-state index is 0.0962. The van der Waals surface area contributed by atoms with E-state index in [1.54, 1.807) is 30.5 Å². The molecule has 0 radical (unpaired) electrons. The molecule has 3 amide bonds. The molecule has 10 nitrogen and oxygen atoms in total. The predicted octanol–water partition coefficient (Wildman–Crippen LogP) is 6.77. The number of hydrogen-bond donors (Lipinski definition) is 1. The number of amides is 3. The highest BCUT2D eigenvalue weighted by atomic mass is 32.1. The van der Waals surface area contributed by atoms with Crippen molar-refractivity contribution >= 4 is 52.1 Å². The monoisotopic (exact) mass is 629 g/mol. The molecule has 0 unspecified atom stereocenters. The fourth-order valence-electron chi connectivity index (χ4n) is 5.49. The Morgan fingerprint density at radius 1 is 1.02 bits per heavy atom. The lowest BCUT2D eigenvalue weighted by Gasteiger charge is -2.28. The highest BCUT2D eigenvalue weighted by molar-refractivity contribution is 7.11. The van der Waals surface area contributed by atoms with Gasteiger partial charge < -0.3 is 10.1 Å².